The molecule has 1 radical (unpaired) electrons. The van der Waals surface area contributed by atoms with Crippen LogP contribution in [0.2, 0.25) is 0 Å². The number of nitrogens with zero attached hydrogens (tertiary/aromatic N) is 2. The largest absolute Gasteiger partial charge is 2.00 e. The summed E-state index contributed by atoms with van der Waals surface area (Å²) in [6.45, 7) is 7.43. The number of rotatable bonds is 12. The third-order valence-corrected chi connectivity index (χ3v) is 6.10. The fourth-order valence-electron chi connectivity index (χ4n) is 3.39. The van der Waals surface area contributed by atoms with Crippen molar-refractivity contribution in [3.63, 3.8) is 0 Å². The Morgan fingerprint density at radius 1 is 0.686 bits per heavy atom. The fourth-order valence-corrected chi connectivity index (χ4v) is 4.14. The maximum Gasteiger partial charge on any atom is 2.00 e. The zero-order valence-corrected chi connectivity index (χ0v) is 25.3. The Labute approximate surface area is 244 Å². The van der Waals surface area contributed by atoms with E-state index in [1.807, 2.05) is 34.1 Å². The van der Waals surface area contributed by atoms with E-state index in [0.717, 1.165) is 63.4 Å². The molecule has 0 atom stereocenters. The van der Waals surface area contributed by atoms with Gasteiger partial charge in [0, 0.05) is 51.9 Å². The molecule has 0 unspecified atom stereocenters. The van der Waals surface area contributed by atoms with Gasteiger partial charge in [0.15, 0.2) is 0 Å². The summed E-state index contributed by atoms with van der Waals surface area (Å²) in [7, 11) is 3.44. The second-order valence-corrected chi connectivity index (χ2v) is 9.87. The van der Waals surface area contributed by atoms with E-state index < -0.39 is 0 Å². The van der Waals surface area contributed by atoms with Gasteiger partial charge in [-0.15, -0.1) is 0 Å². The number of hydrogen-bond acceptors (Lipinski definition) is 6. The summed E-state index contributed by atoms with van der Waals surface area (Å²) in [6.07, 6.45) is 4.10. The van der Waals surface area contributed by atoms with E-state index >= 15 is 0 Å². The van der Waals surface area contributed by atoms with Crippen LogP contribution in [0.5, 0.6) is 0 Å². The van der Waals surface area contributed by atoms with Gasteiger partial charge in [0.05, 0.1) is 0 Å². The summed E-state index contributed by atoms with van der Waals surface area (Å²) in [5, 5.41) is 0. The number of unbranched alkanes of at least 4 members (excludes halogenated alkanes) is 2. The molecule has 0 N–H and O–H groups in total. The molecule has 35 heavy (non-hydrogen) atoms. The number of hydrogen-bond donors (Lipinski definition) is 0. The van der Waals surface area contributed by atoms with Gasteiger partial charge >= 0.3 is 16.8 Å². The molecule has 0 aromatic heterocycles. The molecule has 2 aromatic carbocycles. The molecule has 0 aliphatic carbocycles. The van der Waals surface area contributed by atoms with Gasteiger partial charge in [-0.25, -0.2) is 0 Å². The molecule has 0 aliphatic heterocycles. The molecule has 9 heteroatoms. The molecule has 0 bridgehead atoms. The standard InChI is InChI=1S/2C13H19NOS2.Co/c2*1-11-7-3-4-8-12(11)14(13(16)17)9-5-6-10-15-2;/h2*3-4,7-8H,5-6,9-10H2,1-2H3,(H,16,17);/q;;+2/p-2. The molecule has 0 fully saturated rings. The third kappa shape index (κ3) is 13.3. The second-order valence-electron chi connectivity index (χ2n) is 7.81. The van der Waals surface area contributed by atoms with E-state index in [1.165, 1.54) is 11.1 Å². The monoisotopic (exact) mass is 595 g/mol. The first-order chi connectivity index (χ1) is 16.3. The van der Waals surface area contributed by atoms with Crippen LogP contribution < -0.4 is 9.80 Å². The molecule has 0 amide bonds. The van der Waals surface area contributed by atoms with Gasteiger partial charge in [-0.2, -0.15) is 0 Å². The van der Waals surface area contributed by atoms with Crippen LogP contribution in [0, 0.1) is 13.8 Å². The number of anilines is 2. The molecule has 0 spiro atoms. The maximum atomic E-state index is 5.15. The molecular formula is C26H36CoN2O2S4. The van der Waals surface area contributed by atoms with Crippen molar-refractivity contribution in [3.05, 3.63) is 59.7 Å². The first-order valence-corrected chi connectivity index (χ1v) is 13.0. The summed E-state index contributed by atoms with van der Waals surface area (Å²) >= 11 is 20.6. The van der Waals surface area contributed by atoms with Crippen LogP contribution in [-0.2, 0) is 51.5 Å². The van der Waals surface area contributed by atoms with E-state index in [1.54, 1.807) is 14.2 Å². The molecule has 195 valence electrons. The minimum atomic E-state index is 0. The zero-order valence-electron chi connectivity index (χ0n) is 21.0. The summed E-state index contributed by atoms with van der Waals surface area (Å²) in [5.41, 5.74) is 4.63. The Morgan fingerprint density at radius 3 is 1.31 bits per heavy atom. The number of methoxy groups -OCH3 is 2. The Hall–Kier alpha value is -0.914. The van der Waals surface area contributed by atoms with Gasteiger partial charge in [0.2, 0.25) is 0 Å². The van der Waals surface area contributed by atoms with Gasteiger partial charge in [0.25, 0.3) is 0 Å². The topological polar surface area (TPSA) is 24.9 Å². The summed E-state index contributed by atoms with van der Waals surface area (Å²) in [5.74, 6) is 0. The van der Waals surface area contributed by atoms with Gasteiger partial charge < -0.3 is 69.0 Å². The number of aryl methyl sites for hydroxylation is 2. The van der Waals surface area contributed by atoms with Crippen molar-refractivity contribution in [1.29, 1.82) is 0 Å². The summed E-state index contributed by atoms with van der Waals surface area (Å²) in [6, 6.07) is 16.3. The Balaban J connectivity index is 0.000000642. The third-order valence-electron chi connectivity index (χ3n) is 5.21. The van der Waals surface area contributed by atoms with Crippen LogP contribution in [0.3, 0.4) is 0 Å². The predicted molar refractivity (Wildman–Crippen MR) is 159 cm³/mol. The molecule has 0 saturated carbocycles. The molecular weight excluding hydrogens is 559 g/mol. The first-order valence-electron chi connectivity index (χ1n) is 11.4. The minimum Gasteiger partial charge on any atom is -0.411 e. The Bertz CT molecular complexity index is 814. The van der Waals surface area contributed by atoms with Crippen molar-refractivity contribution in [2.24, 2.45) is 0 Å². The molecule has 2 aromatic rings. The normalized spacial score (nSPS) is 9.94. The quantitative estimate of drug-likeness (QED) is 0.165. The molecule has 0 aliphatic rings. The average molecular weight is 596 g/mol. The zero-order chi connectivity index (χ0) is 25.3. The van der Waals surface area contributed by atoms with Crippen molar-refractivity contribution >= 4 is 69.7 Å². The maximum absolute atomic E-state index is 5.15. The van der Waals surface area contributed by atoms with Crippen LogP contribution >= 0.6 is 24.4 Å². The van der Waals surface area contributed by atoms with Crippen LogP contribution in [-0.4, -0.2) is 49.2 Å². The fraction of sp³-hybridized carbons (Fsp3) is 0.462. The number of ether oxygens (including phenoxy) is 2. The van der Waals surface area contributed by atoms with Crippen LogP contribution in [0.25, 0.3) is 0 Å². The van der Waals surface area contributed by atoms with Crippen molar-refractivity contribution in [2.75, 3.05) is 50.3 Å². The predicted octanol–water partition coefficient (Wildman–Crippen LogP) is 6.12. The molecule has 4 nitrogen and oxygen atoms in total. The van der Waals surface area contributed by atoms with Crippen LogP contribution in [0.1, 0.15) is 36.8 Å². The molecule has 0 saturated heterocycles. The van der Waals surface area contributed by atoms with Crippen molar-refractivity contribution in [2.45, 2.75) is 39.5 Å². The summed E-state index contributed by atoms with van der Waals surface area (Å²) in [4.78, 5) is 4.05. The van der Waals surface area contributed by atoms with Gasteiger partial charge in [0.1, 0.15) is 0 Å². The number of benzene rings is 2. The van der Waals surface area contributed by atoms with Gasteiger partial charge in [-0.05, 0) is 62.8 Å². The van der Waals surface area contributed by atoms with Gasteiger partial charge in [-0.1, -0.05) is 45.0 Å². The smallest absolute Gasteiger partial charge is 0.411 e. The Kier molecular flexibility index (Phi) is 19.7. The van der Waals surface area contributed by atoms with Crippen molar-refractivity contribution in [1.82, 2.24) is 0 Å². The van der Waals surface area contributed by atoms with E-state index in [0.29, 0.717) is 8.64 Å². The average Bonchev–Trinajstić information content (AvgIpc) is 2.81. The van der Waals surface area contributed by atoms with Crippen LogP contribution in [0.15, 0.2) is 48.5 Å². The first kappa shape index (κ1) is 34.1. The van der Waals surface area contributed by atoms with E-state index in [-0.39, 0.29) is 16.8 Å². The van der Waals surface area contributed by atoms with Crippen LogP contribution in [0.4, 0.5) is 11.4 Å². The van der Waals surface area contributed by atoms with E-state index in [9.17, 15) is 0 Å². The molecule has 0 heterocycles. The Morgan fingerprint density at radius 2 is 1.03 bits per heavy atom. The van der Waals surface area contributed by atoms with Crippen molar-refractivity contribution in [3.8, 4) is 0 Å². The van der Waals surface area contributed by atoms with Crippen molar-refractivity contribution < 1.29 is 26.3 Å². The molecule has 2 rings (SSSR count). The number of thiocarbonyl (C=S) groups is 2. The minimum absolute atomic E-state index is 0. The van der Waals surface area contributed by atoms with Gasteiger partial charge in [-0.3, -0.25) is 0 Å². The van der Waals surface area contributed by atoms with E-state index in [4.69, 9.17) is 59.2 Å². The summed E-state index contributed by atoms with van der Waals surface area (Å²) < 4.78 is 11.1. The number of para-hydroxylation sites is 2. The SMILES string of the molecule is COCCCCN(C(=S)[S-])c1ccccc1C.COCCCCN(C(=S)[S-])c1ccccc1C.[Co+2]. The second kappa shape index (κ2) is 20.2. The van der Waals surface area contributed by atoms with E-state index in [2.05, 4.69) is 38.1 Å².